The average molecular weight is 457 g/mol. The van der Waals surface area contributed by atoms with Crippen LogP contribution in [0.5, 0.6) is 0 Å². The topological polar surface area (TPSA) is 100 Å². The summed E-state index contributed by atoms with van der Waals surface area (Å²) in [6.07, 6.45) is -4.95. The Bertz CT molecular complexity index is 1090. The van der Waals surface area contributed by atoms with E-state index in [0.29, 0.717) is 12.1 Å². The van der Waals surface area contributed by atoms with Crippen molar-refractivity contribution >= 4 is 23.3 Å². The van der Waals surface area contributed by atoms with E-state index in [1.807, 2.05) is 0 Å². The maximum atomic E-state index is 13.5. The van der Waals surface area contributed by atoms with E-state index in [-0.39, 0.29) is 28.2 Å². The molecule has 1 aromatic carbocycles. The summed E-state index contributed by atoms with van der Waals surface area (Å²) in [4.78, 5) is 37.8. The predicted molar refractivity (Wildman–Crippen MR) is 108 cm³/mol. The van der Waals surface area contributed by atoms with Gasteiger partial charge in [-0.2, -0.15) is 13.2 Å². The van der Waals surface area contributed by atoms with Crippen molar-refractivity contribution in [3.8, 4) is 0 Å². The molecule has 32 heavy (non-hydrogen) atoms. The van der Waals surface area contributed by atoms with E-state index in [0.717, 1.165) is 6.07 Å². The number of Topliss-reactive ketones (excluding diaryl/α,β-unsaturated/α-hetero) is 1. The Hall–Kier alpha value is -3.21. The first-order valence-electron chi connectivity index (χ1n) is 9.42. The molecule has 2 rings (SSSR count). The number of nitrogens with one attached hydrogen (secondary N) is 2. The van der Waals surface area contributed by atoms with Crippen LogP contribution >= 0.6 is 0 Å². The average Bonchev–Trinajstić information content (AvgIpc) is 2.90. The number of amides is 2. The molecule has 0 spiro atoms. The van der Waals surface area contributed by atoms with Crippen molar-refractivity contribution in [3.05, 3.63) is 52.1 Å². The summed E-state index contributed by atoms with van der Waals surface area (Å²) in [5.74, 6) is -4.24. The van der Waals surface area contributed by atoms with Gasteiger partial charge in [0, 0.05) is 18.4 Å². The van der Waals surface area contributed by atoms with E-state index in [9.17, 15) is 37.1 Å². The SMILES string of the molecule is Cc1c(C(=O)C(=O)NC(C)(C)CO)c(C)n(C)c1C(=O)Nc1ccc(F)c(C(F)(F)F)c1. The van der Waals surface area contributed by atoms with E-state index in [1.165, 1.54) is 39.3 Å². The smallest absolute Gasteiger partial charge is 0.394 e. The second-order valence-electron chi connectivity index (χ2n) is 7.96. The predicted octanol–water partition coefficient (Wildman–Crippen LogP) is 3.12. The molecule has 1 aromatic heterocycles. The molecular weight excluding hydrogens is 434 g/mol. The molecule has 3 N–H and O–H groups in total. The highest BCUT2D eigenvalue weighted by Crippen LogP contribution is 2.33. The standard InChI is InChI=1S/C21H23F4N3O4/c1-10-15(17(30)19(32)27-20(3,4)9-29)11(2)28(5)16(10)18(31)26-12-6-7-14(22)13(8-12)21(23,24)25/h6-8,29H,9H2,1-5H3,(H,26,31)(H,27,32). The van der Waals surface area contributed by atoms with Crippen LogP contribution in [-0.4, -0.2) is 39.4 Å². The first-order valence-corrected chi connectivity index (χ1v) is 9.42. The van der Waals surface area contributed by atoms with Gasteiger partial charge in [-0.15, -0.1) is 0 Å². The molecule has 0 saturated heterocycles. The summed E-state index contributed by atoms with van der Waals surface area (Å²) in [6, 6.07) is 2.03. The minimum absolute atomic E-state index is 0.0426. The van der Waals surface area contributed by atoms with Gasteiger partial charge in [-0.3, -0.25) is 14.4 Å². The van der Waals surface area contributed by atoms with E-state index < -0.39 is 47.3 Å². The Kier molecular flexibility index (Phi) is 6.84. The minimum Gasteiger partial charge on any atom is -0.394 e. The molecule has 0 radical (unpaired) electrons. The lowest BCUT2D eigenvalue weighted by Crippen LogP contribution is -2.49. The summed E-state index contributed by atoms with van der Waals surface area (Å²) in [5, 5.41) is 13.9. The van der Waals surface area contributed by atoms with Crippen LogP contribution in [0.3, 0.4) is 0 Å². The number of benzene rings is 1. The fourth-order valence-corrected chi connectivity index (χ4v) is 3.16. The quantitative estimate of drug-likeness (QED) is 0.353. The number of hydrogen-bond donors (Lipinski definition) is 3. The van der Waals surface area contributed by atoms with Crippen molar-refractivity contribution in [1.29, 1.82) is 0 Å². The van der Waals surface area contributed by atoms with Crippen LogP contribution in [0.4, 0.5) is 23.2 Å². The minimum atomic E-state index is -4.95. The van der Waals surface area contributed by atoms with Crippen LogP contribution in [0.25, 0.3) is 0 Å². The zero-order chi connectivity index (χ0) is 24.6. The summed E-state index contributed by atoms with van der Waals surface area (Å²) in [6.45, 7) is 5.54. The number of carbonyl (C=O) groups excluding carboxylic acids is 3. The van der Waals surface area contributed by atoms with Crippen molar-refractivity contribution in [3.63, 3.8) is 0 Å². The summed E-state index contributed by atoms with van der Waals surface area (Å²) < 4.78 is 53.6. The summed E-state index contributed by atoms with van der Waals surface area (Å²) in [7, 11) is 1.45. The molecule has 0 atom stereocenters. The van der Waals surface area contributed by atoms with Gasteiger partial charge in [0.1, 0.15) is 11.5 Å². The van der Waals surface area contributed by atoms with Crippen molar-refractivity contribution < 1.29 is 37.1 Å². The number of aromatic nitrogens is 1. The first kappa shape index (κ1) is 25.1. The molecule has 0 aliphatic carbocycles. The lowest BCUT2D eigenvalue weighted by atomic mass is 10.0. The normalized spacial score (nSPS) is 11.9. The van der Waals surface area contributed by atoms with Gasteiger partial charge in [0.25, 0.3) is 17.6 Å². The number of ketones is 1. The third-order valence-electron chi connectivity index (χ3n) is 4.96. The molecule has 11 heteroatoms. The number of halogens is 4. The third kappa shape index (κ3) is 4.98. The number of aliphatic hydroxyl groups excluding tert-OH is 1. The van der Waals surface area contributed by atoms with Crippen LogP contribution in [0, 0.1) is 19.7 Å². The Morgan fingerprint density at radius 1 is 1.12 bits per heavy atom. The summed E-state index contributed by atoms with van der Waals surface area (Å²) >= 11 is 0. The highest BCUT2D eigenvalue weighted by Gasteiger charge is 2.35. The molecule has 0 aliphatic rings. The molecule has 2 aromatic rings. The molecule has 0 bridgehead atoms. The van der Waals surface area contributed by atoms with Crippen molar-refractivity contribution in [2.75, 3.05) is 11.9 Å². The number of anilines is 1. The van der Waals surface area contributed by atoms with Crippen molar-refractivity contribution in [2.45, 2.75) is 39.4 Å². The van der Waals surface area contributed by atoms with Crippen LogP contribution in [0.2, 0.25) is 0 Å². The van der Waals surface area contributed by atoms with Crippen molar-refractivity contribution in [1.82, 2.24) is 9.88 Å². The highest BCUT2D eigenvalue weighted by molar-refractivity contribution is 6.43. The molecule has 0 fully saturated rings. The number of alkyl halides is 3. The van der Waals surface area contributed by atoms with Crippen LogP contribution < -0.4 is 10.6 Å². The molecule has 0 unspecified atom stereocenters. The largest absolute Gasteiger partial charge is 0.419 e. The van der Waals surface area contributed by atoms with Gasteiger partial charge >= 0.3 is 6.18 Å². The molecule has 1 heterocycles. The molecule has 0 aliphatic heterocycles. The lowest BCUT2D eigenvalue weighted by molar-refractivity contribution is -0.140. The Labute approximate surface area is 181 Å². The van der Waals surface area contributed by atoms with E-state index in [2.05, 4.69) is 10.6 Å². The number of nitrogens with zero attached hydrogens (tertiary/aromatic N) is 1. The second-order valence-corrected chi connectivity index (χ2v) is 7.96. The van der Waals surface area contributed by atoms with Gasteiger partial charge in [-0.05, 0) is 51.5 Å². The lowest BCUT2D eigenvalue weighted by Gasteiger charge is -2.22. The van der Waals surface area contributed by atoms with E-state index in [4.69, 9.17) is 0 Å². The van der Waals surface area contributed by atoms with Gasteiger partial charge in [0.05, 0.1) is 23.3 Å². The van der Waals surface area contributed by atoms with Gasteiger partial charge in [-0.1, -0.05) is 0 Å². The number of carbonyl (C=O) groups is 3. The van der Waals surface area contributed by atoms with Gasteiger partial charge in [-0.25, -0.2) is 4.39 Å². The summed E-state index contributed by atoms with van der Waals surface area (Å²) in [5.41, 5.74) is -2.56. The Balaban J connectivity index is 2.39. The molecule has 0 saturated carbocycles. The molecular formula is C21H23F4N3O4. The second kappa shape index (κ2) is 8.73. The van der Waals surface area contributed by atoms with Gasteiger partial charge < -0.3 is 20.3 Å². The van der Waals surface area contributed by atoms with Gasteiger partial charge in [0.2, 0.25) is 0 Å². The monoisotopic (exact) mass is 457 g/mol. The zero-order valence-corrected chi connectivity index (χ0v) is 18.1. The van der Waals surface area contributed by atoms with E-state index >= 15 is 0 Å². The highest BCUT2D eigenvalue weighted by atomic mass is 19.4. The van der Waals surface area contributed by atoms with E-state index in [1.54, 1.807) is 0 Å². The number of hydrogen-bond acceptors (Lipinski definition) is 4. The fourth-order valence-electron chi connectivity index (χ4n) is 3.16. The first-order chi connectivity index (χ1) is 14.6. The molecule has 7 nitrogen and oxygen atoms in total. The number of rotatable bonds is 6. The molecule has 2 amide bonds. The Morgan fingerprint density at radius 2 is 1.72 bits per heavy atom. The van der Waals surface area contributed by atoms with Crippen LogP contribution in [0.15, 0.2) is 18.2 Å². The molecule has 174 valence electrons. The zero-order valence-electron chi connectivity index (χ0n) is 18.1. The Morgan fingerprint density at radius 3 is 2.25 bits per heavy atom. The fraction of sp³-hybridized carbons (Fsp3) is 0.381. The maximum Gasteiger partial charge on any atom is 0.419 e. The number of aliphatic hydroxyl groups is 1. The third-order valence-corrected chi connectivity index (χ3v) is 4.96. The van der Waals surface area contributed by atoms with Crippen molar-refractivity contribution in [2.24, 2.45) is 7.05 Å². The van der Waals surface area contributed by atoms with Crippen LogP contribution in [0.1, 0.15) is 51.5 Å². The van der Waals surface area contributed by atoms with Crippen LogP contribution in [-0.2, 0) is 18.0 Å². The van der Waals surface area contributed by atoms with Gasteiger partial charge in [0.15, 0.2) is 0 Å². The maximum absolute atomic E-state index is 13.5.